The molecule has 8 heteroatoms. The van der Waals surface area contributed by atoms with Crippen LogP contribution in [0.2, 0.25) is 0 Å². The van der Waals surface area contributed by atoms with E-state index >= 15 is 0 Å². The lowest BCUT2D eigenvalue weighted by molar-refractivity contribution is -0.156. The first-order valence-electron chi connectivity index (χ1n) is 9.12. The molecule has 0 rings (SSSR count). The van der Waals surface area contributed by atoms with Crippen molar-refractivity contribution in [3.8, 4) is 0 Å². The van der Waals surface area contributed by atoms with Gasteiger partial charge in [-0.2, -0.15) is 0 Å². The van der Waals surface area contributed by atoms with Gasteiger partial charge >= 0.3 is 11.9 Å². The molecule has 8 nitrogen and oxygen atoms in total. The summed E-state index contributed by atoms with van der Waals surface area (Å²) in [6.07, 6.45) is 3.75. The molecule has 0 N–H and O–H groups in total. The first-order chi connectivity index (χ1) is 12.8. The van der Waals surface area contributed by atoms with Crippen LogP contribution in [0.25, 0.3) is 0 Å². The molecule has 0 aliphatic carbocycles. The summed E-state index contributed by atoms with van der Waals surface area (Å²) in [5, 5.41) is 0. The second-order valence-corrected chi connectivity index (χ2v) is 6.52. The van der Waals surface area contributed by atoms with E-state index in [1.54, 1.807) is 12.2 Å². The molecular formula is C19H34O8. The van der Waals surface area contributed by atoms with Gasteiger partial charge in [0.25, 0.3) is 0 Å². The SMILES string of the molecule is CC(=O)OC/C=C/COCCOCCOCCOCCC(=O)OC(C)(C)C. The fourth-order valence-corrected chi connectivity index (χ4v) is 1.66. The average molecular weight is 390 g/mol. The molecule has 0 atom stereocenters. The molecule has 0 aromatic carbocycles. The quantitative estimate of drug-likeness (QED) is 0.224. The van der Waals surface area contributed by atoms with E-state index in [-0.39, 0.29) is 25.0 Å². The maximum Gasteiger partial charge on any atom is 0.308 e. The van der Waals surface area contributed by atoms with Crippen LogP contribution in [-0.2, 0) is 38.0 Å². The predicted octanol–water partition coefficient (Wildman–Crippen LogP) is 1.90. The van der Waals surface area contributed by atoms with Gasteiger partial charge in [0.05, 0.1) is 59.3 Å². The number of esters is 2. The third-order valence-electron chi connectivity index (χ3n) is 2.75. The maximum absolute atomic E-state index is 11.4. The maximum atomic E-state index is 11.4. The highest BCUT2D eigenvalue weighted by Gasteiger charge is 2.15. The van der Waals surface area contributed by atoms with E-state index in [0.717, 1.165) is 0 Å². The summed E-state index contributed by atoms with van der Waals surface area (Å²) in [6.45, 7) is 10.7. The number of hydrogen-bond acceptors (Lipinski definition) is 8. The molecule has 0 aromatic rings. The van der Waals surface area contributed by atoms with Gasteiger partial charge in [-0.3, -0.25) is 9.59 Å². The Morgan fingerprint density at radius 2 is 1.22 bits per heavy atom. The van der Waals surface area contributed by atoms with Crippen molar-refractivity contribution in [1.82, 2.24) is 0 Å². The second-order valence-electron chi connectivity index (χ2n) is 6.52. The Morgan fingerprint density at radius 1 is 0.741 bits per heavy atom. The summed E-state index contributed by atoms with van der Waals surface area (Å²) in [7, 11) is 0. The molecule has 0 fully saturated rings. The van der Waals surface area contributed by atoms with Crippen molar-refractivity contribution >= 4 is 11.9 Å². The highest BCUT2D eigenvalue weighted by atomic mass is 16.6. The number of carbonyl (C=O) groups is 2. The lowest BCUT2D eigenvalue weighted by atomic mass is 10.2. The van der Waals surface area contributed by atoms with Crippen LogP contribution < -0.4 is 0 Å². The molecule has 0 radical (unpaired) electrons. The van der Waals surface area contributed by atoms with Gasteiger partial charge in [-0.05, 0) is 26.8 Å². The van der Waals surface area contributed by atoms with Crippen molar-refractivity contribution in [2.24, 2.45) is 0 Å². The Bertz CT molecular complexity index is 414. The Labute approximate surface area is 162 Å². The number of rotatable bonds is 16. The summed E-state index contributed by atoms with van der Waals surface area (Å²) < 4.78 is 31.2. The lowest BCUT2D eigenvalue weighted by Gasteiger charge is -2.19. The van der Waals surface area contributed by atoms with E-state index in [2.05, 4.69) is 0 Å². The highest BCUT2D eigenvalue weighted by molar-refractivity contribution is 5.69. The molecule has 0 heterocycles. The van der Waals surface area contributed by atoms with Crippen molar-refractivity contribution < 1.29 is 38.0 Å². The zero-order valence-corrected chi connectivity index (χ0v) is 17.0. The number of carbonyl (C=O) groups excluding carboxylic acids is 2. The Hall–Kier alpha value is -1.48. The fraction of sp³-hybridized carbons (Fsp3) is 0.789. The van der Waals surface area contributed by atoms with Crippen LogP contribution in [-0.4, -0.2) is 77.0 Å². The van der Waals surface area contributed by atoms with Crippen molar-refractivity contribution in [1.29, 1.82) is 0 Å². The number of ether oxygens (including phenoxy) is 6. The molecule has 0 spiro atoms. The molecule has 0 aromatic heterocycles. The van der Waals surface area contributed by atoms with E-state index in [1.165, 1.54) is 6.92 Å². The third-order valence-corrected chi connectivity index (χ3v) is 2.75. The first-order valence-corrected chi connectivity index (χ1v) is 9.12. The first kappa shape index (κ1) is 25.5. The average Bonchev–Trinajstić information content (AvgIpc) is 2.55. The van der Waals surface area contributed by atoms with Gasteiger partial charge in [-0.15, -0.1) is 0 Å². The van der Waals surface area contributed by atoms with Crippen molar-refractivity contribution in [3.05, 3.63) is 12.2 Å². The molecule has 0 aliphatic rings. The standard InChI is InChI=1S/C19H34O8/c1-17(20)26-9-6-5-8-22-11-13-24-15-16-25-14-12-23-10-7-18(21)27-19(2,3)4/h5-6H,7-16H2,1-4H3/b6-5+. The summed E-state index contributed by atoms with van der Waals surface area (Å²) >= 11 is 0. The summed E-state index contributed by atoms with van der Waals surface area (Å²) in [6, 6.07) is 0. The van der Waals surface area contributed by atoms with E-state index in [1.807, 2.05) is 20.8 Å². The Kier molecular flexibility index (Phi) is 15.8. The minimum Gasteiger partial charge on any atom is -0.462 e. The topological polar surface area (TPSA) is 89.5 Å². The van der Waals surface area contributed by atoms with Gasteiger partial charge in [-0.25, -0.2) is 0 Å². The minimum absolute atomic E-state index is 0.235. The Morgan fingerprint density at radius 3 is 1.74 bits per heavy atom. The Balaban J connectivity index is 3.21. The monoisotopic (exact) mass is 390 g/mol. The molecule has 0 aliphatic heterocycles. The zero-order valence-electron chi connectivity index (χ0n) is 17.0. The second kappa shape index (κ2) is 16.7. The predicted molar refractivity (Wildman–Crippen MR) is 99.5 cm³/mol. The van der Waals surface area contributed by atoms with Crippen molar-refractivity contribution in [2.75, 3.05) is 59.5 Å². The van der Waals surface area contributed by atoms with Gasteiger partial charge in [0.2, 0.25) is 0 Å². The molecule has 158 valence electrons. The zero-order chi connectivity index (χ0) is 20.4. The normalized spacial score (nSPS) is 11.7. The van der Waals surface area contributed by atoms with E-state index in [0.29, 0.717) is 52.9 Å². The molecule has 27 heavy (non-hydrogen) atoms. The smallest absolute Gasteiger partial charge is 0.308 e. The molecule has 0 amide bonds. The highest BCUT2D eigenvalue weighted by Crippen LogP contribution is 2.07. The summed E-state index contributed by atoms with van der Waals surface area (Å²) in [4.78, 5) is 22.0. The lowest BCUT2D eigenvalue weighted by Crippen LogP contribution is -2.24. The van der Waals surface area contributed by atoms with Crippen molar-refractivity contribution in [3.63, 3.8) is 0 Å². The molecule has 0 unspecified atom stereocenters. The summed E-state index contributed by atoms with van der Waals surface area (Å²) in [5.74, 6) is -0.567. The van der Waals surface area contributed by atoms with Crippen LogP contribution in [0, 0.1) is 0 Å². The van der Waals surface area contributed by atoms with Crippen LogP contribution in [0.1, 0.15) is 34.1 Å². The minimum atomic E-state index is -0.465. The van der Waals surface area contributed by atoms with Crippen LogP contribution in [0.15, 0.2) is 12.2 Å². The van der Waals surface area contributed by atoms with Crippen LogP contribution in [0.4, 0.5) is 0 Å². The van der Waals surface area contributed by atoms with Gasteiger partial charge in [0.1, 0.15) is 12.2 Å². The molecule has 0 saturated heterocycles. The van der Waals surface area contributed by atoms with Gasteiger partial charge in [-0.1, -0.05) is 6.08 Å². The largest absolute Gasteiger partial charge is 0.462 e. The summed E-state index contributed by atoms with van der Waals surface area (Å²) in [5.41, 5.74) is -0.465. The van der Waals surface area contributed by atoms with Gasteiger partial charge < -0.3 is 28.4 Å². The van der Waals surface area contributed by atoms with E-state index in [4.69, 9.17) is 28.4 Å². The molecule has 0 bridgehead atoms. The van der Waals surface area contributed by atoms with Crippen LogP contribution >= 0.6 is 0 Å². The van der Waals surface area contributed by atoms with E-state index in [9.17, 15) is 9.59 Å². The van der Waals surface area contributed by atoms with Crippen molar-refractivity contribution in [2.45, 2.75) is 39.7 Å². The van der Waals surface area contributed by atoms with Gasteiger partial charge in [0, 0.05) is 6.92 Å². The van der Waals surface area contributed by atoms with E-state index < -0.39 is 5.60 Å². The molecular weight excluding hydrogens is 356 g/mol. The fourth-order valence-electron chi connectivity index (χ4n) is 1.66. The van der Waals surface area contributed by atoms with Crippen LogP contribution in [0.5, 0.6) is 0 Å². The van der Waals surface area contributed by atoms with Crippen LogP contribution in [0.3, 0.4) is 0 Å². The third kappa shape index (κ3) is 22.5. The van der Waals surface area contributed by atoms with Gasteiger partial charge in [0.15, 0.2) is 0 Å². The molecule has 0 saturated carbocycles. The number of hydrogen-bond donors (Lipinski definition) is 0.